The van der Waals surface area contributed by atoms with Crippen LogP contribution in [0.4, 0.5) is 5.69 Å². The van der Waals surface area contributed by atoms with E-state index in [4.69, 9.17) is 11.6 Å². The summed E-state index contributed by atoms with van der Waals surface area (Å²) < 4.78 is 0. The summed E-state index contributed by atoms with van der Waals surface area (Å²) in [6, 6.07) is 11.3. The van der Waals surface area contributed by atoms with Gasteiger partial charge in [-0.05, 0) is 17.5 Å². The molecule has 0 spiro atoms. The van der Waals surface area contributed by atoms with Crippen LogP contribution in [-0.2, 0) is 4.79 Å². The van der Waals surface area contributed by atoms with E-state index in [9.17, 15) is 4.79 Å². The summed E-state index contributed by atoms with van der Waals surface area (Å²) in [7, 11) is 0. The molecule has 0 saturated heterocycles. The van der Waals surface area contributed by atoms with Gasteiger partial charge in [0.25, 0.3) is 0 Å². The second kappa shape index (κ2) is 3.68. The second-order valence-electron chi connectivity index (χ2n) is 2.91. The standard InChI is InChI=1S/C11H7ClNO/c12-11-6-9(13-7-14)5-8-3-1-2-4-10(8)11/h1-6H,(H,13,14). The smallest absolute Gasteiger partial charge is 0.314 e. The molecule has 0 aliphatic carbocycles. The van der Waals surface area contributed by atoms with E-state index >= 15 is 0 Å². The van der Waals surface area contributed by atoms with E-state index in [0.717, 1.165) is 10.8 Å². The van der Waals surface area contributed by atoms with Crippen molar-refractivity contribution < 1.29 is 4.79 Å². The lowest BCUT2D eigenvalue weighted by molar-refractivity contribution is 0.561. The number of benzene rings is 2. The highest BCUT2D eigenvalue weighted by atomic mass is 35.5. The largest absolute Gasteiger partial charge is 0.318 e. The third kappa shape index (κ3) is 1.56. The fourth-order valence-electron chi connectivity index (χ4n) is 1.39. The first-order chi connectivity index (χ1) is 6.81. The third-order valence-electron chi connectivity index (χ3n) is 2.01. The van der Waals surface area contributed by atoms with Crippen molar-refractivity contribution in [3.63, 3.8) is 0 Å². The van der Waals surface area contributed by atoms with Crippen LogP contribution in [0.1, 0.15) is 0 Å². The van der Waals surface area contributed by atoms with Gasteiger partial charge in [-0.2, -0.15) is 0 Å². The van der Waals surface area contributed by atoms with Crippen molar-refractivity contribution in [3.8, 4) is 0 Å². The first kappa shape index (κ1) is 9.03. The zero-order valence-corrected chi connectivity index (χ0v) is 8.01. The van der Waals surface area contributed by atoms with E-state index in [-0.39, 0.29) is 0 Å². The highest BCUT2D eigenvalue weighted by Gasteiger charge is 2.00. The minimum Gasteiger partial charge on any atom is -0.318 e. The number of nitrogens with one attached hydrogen (secondary N) is 1. The molecule has 0 aliphatic heterocycles. The number of hydrogen-bond donors (Lipinski definition) is 1. The molecule has 2 rings (SSSR count). The Morgan fingerprint density at radius 2 is 2.00 bits per heavy atom. The Hall–Kier alpha value is -1.54. The predicted molar refractivity (Wildman–Crippen MR) is 58.3 cm³/mol. The Balaban J connectivity index is 2.65. The minimum absolute atomic E-state index is 0.626. The molecule has 1 radical (unpaired) electrons. The molecular weight excluding hydrogens is 198 g/mol. The molecule has 0 aliphatic rings. The van der Waals surface area contributed by atoms with Crippen LogP contribution in [0.5, 0.6) is 0 Å². The van der Waals surface area contributed by atoms with Crippen LogP contribution in [0.15, 0.2) is 36.4 Å². The highest BCUT2D eigenvalue weighted by molar-refractivity contribution is 6.36. The van der Waals surface area contributed by atoms with Crippen LogP contribution in [-0.4, -0.2) is 6.41 Å². The van der Waals surface area contributed by atoms with Gasteiger partial charge in [-0.15, -0.1) is 0 Å². The van der Waals surface area contributed by atoms with Gasteiger partial charge in [-0.3, -0.25) is 4.79 Å². The molecule has 0 heterocycles. The van der Waals surface area contributed by atoms with Crippen molar-refractivity contribution in [1.82, 2.24) is 0 Å². The van der Waals surface area contributed by atoms with E-state index in [1.165, 1.54) is 0 Å². The van der Waals surface area contributed by atoms with E-state index in [2.05, 4.69) is 5.32 Å². The highest BCUT2D eigenvalue weighted by Crippen LogP contribution is 2.27. The van der Waals surface area contributed by atoms with Crippen molar-refractivity contribution >= 4 is 34.5 Å². The van der Waals surface area contributed by atoms with Crippen LogP contribution in [0.2, 0.25) is 5.02 Å². The average Bonchev–Trinajstić information content (AvgIpc) is 2.18. The molecular formula is C11H7ClNO. The number of anilines is 1. The van der Waals surface area contributed by atoms with Gasteiger partial charge >= 0.3 is 6.41 Å². The fourth-order valence-corrected chi connectivity index (χ4v) is 1.68. The SMILES string of the molecule is O=[C]Nc1cc(Cl)c2ccccc2c1. The van der Waals surface area contributed by atoms with Gasteiger partial charge in [-0.25, -0.2) is 0 Å². The molecule has 1 amide bonds. The molecule has 3 heteroatoms. The lowest BCUT2D eigenvalue weighted by Crippen LogP contribution is -1.93. The Morgan fingerprint density at radius 1 is 1.21 bits per heavy atom. The maximum Gasteiger partial charge on any atom is 0.314 e. The lowest BCUT2D eigenvalue weighted by atomic mass is 10.1. The first-order valence-electron chi connectivity index (χ1n) is 4.13. The van der Waals surface area contributed by atoms with E-state index in [0.29, 0.717) is 10.7 Å². The summed E-state index contributed by atoms with van der Waals surface area (Å²) in [6.07, 6.45) is 1.62. The molecule has 0 saturated carbocycles. The maximum absolute atomic E-state index is 10.1. The summed E-state index contributed by atoms with van der Waals surface area (Å²) in [4.78, 5) is 10.1. The molecule has 1 N–H and O–H groups in total. The Labute approximate surface area is 86.5 Å². The molecule has 0 fully saturated rings. The van der Waals surface area contributed by atoms with Crippen molar-refractivity contribution in [2.24, 2.45) is 0 Å². The van der Waals surface area contributed by atoms with E-state index < -0.39 is 0 Å². The second-order valence-corrected chi connectivity index (χ2v) is 3.31. The van der Waals surface area contributed by atoms with Gasteiger partial charge in [0.15, 0.2) is 0 Å². The quantitative estimate of drug-likeness (QED) is 0.749. The summed E-state index contributed by atoms with van der Waals surface area (Å²) >= 11 is 6.03. The van der Waals surface area contributed by atoms with E-state index in [1.54, 1.807) is 12.5 Å². The summed E-state index contributed by atoms with van der Waals surface area (Å²) in [5.41, 5.74) is 0.656. The summed E-state index contributed by atoms with van der Waals surface area (Å²) in [5.74, 6) is 0. The number of halogens is 1. The lowest BCUT2D eigenvalue weighted by Gasteiger charge is -2.03. The summed E-state index contributed by atoms with van der Waals surface area (Å²) in [6.45, 7) is 0. The molecule has 2 nitrogen and oxygen atoms in total. The van der Waals surface area contributed by atoms with Crippen molar-refractivity contribution in [1.29, 1.82) is 0 Å². The van der Waals surface area contributed by atoms with Crippen molar-refractivity contribution in [3.05, 3.63) is 41.4 Å². The molecule has 14 heavy (non-hydrogen) atoms. The van der Waals surface area contributed by atoms with Gasteiger partial charge in [-0.1, -0.05) is 35.9 Å². The van der Waals surface area contributed by atoms with Crippen molar-refractivity contribution in [2.75, 3.05) is 5.32 Å². The number of amides is 1. The third-order valence-corrected chi connectivity index (χ3v) is 2.32. The molecule has 0 aromatic heterocycles. The monoisotopic (exact) mass is 204 g/mol. The van der Waals surface area contributed by atoms with Crippen LogP contribution in [0.25, 0.3) is 10.8 Å². The first-order valence-corrected chi connectivity index (χ1v) is 4.50. The van der Waals surface area contributed by atoms with Crippen LogP contribution in [0.3, 0.4) is 0 Å². The molecule has 2 aromatic carbocycles. The van der Waals surface area contributed by atoms with Crippen molar-refractivity contribution in [2.45, 2.75) is 0 Å². The van der Waals surface area contributed by atoms with Crippen LogP contribution in [0, 0.1) is 0 Å². The van der Waals surface area contributed by atoms with Crippen LogP contribution < -0.4 is 5.32 Å². The maximum atomic E-state index is 10.1. The Kier molecular flexibility index (Phi) is 2.37. The minimum atomic E-state index is 0.626. The molecule has 0 atom stereocenters. The Morgan fingerprint density at radius 3 is 2.79 bits per heavy atom. The zero-order valence-electron chi connectivity index (χ0n) is 7.25. The topological polar surface area (TPSA) is 29.1 Å². The number of fused-ring (bicyclic) bond motifs is 1. The Bertz CT molecular complexity index is 482. The number of rotatable bonds is 2. The number of hydrogen-bond acceptors (Lipinski definition) is 1. The molecule has 2 aromatic rings. The molecule has 0 bridgehead atoms. The predicted octanol–water partition coefficient (Wildman–Crippen LogP) is 2.97. The van der Waals surface area contributed by atoms with Gasteiger partial charge in [0.05, 0.1) is 5.02 Å². The van der Waals surface area contributed by atoms with Gasteiger partial charge < -0.3 is 5.32 Å². The van der Waals surface area contributed by atoms with Crippen LogP contribution >= 0.6 is 11.6 Å². The zero-order chi connectivity index (χ0) is 9.97. The van der Waals surface area contributed by atoms with Gasteiger partial charge in [0.1, 0.15) is 0 Å². The molecule has 0 unspecified atom stereocenters. The summed E-state index contributed by atoms with van der Waals surface area (Å²) in [5, 5.41) is 5.05. The normalized spacial score (nSPS) is 10.1. The average molecular weight is 205 g/mol. The fraction of sp³-hybridized carbons (Fsp3) is 0. The number of carbonyl (C=O) groups excluding carboxylic acids is 1. The van der Waals surface area contributed by atoms with Gasteiger partial charge in [0, 0.05) is 11.1 Å². The van der Waals surface area contributed by atoms with Gasteiger partial charge in [0.2, 0.25) is 0 Å². The molecule has 69 valence electrons. The van der Waals surface area contributed by atoms with E-state index in [1.807, 2.05) is 30.3 Å².